The van der Waals surface area contributed by atoms with Gasteiger partial charge in [-0.25, -0.2) is 4.98 Å². The van der Waals surface area contributed by atoms with E-state index in [1.807, 2.05) is 17.9 Å². The normalized spacial score (nSPS) is 19.7. The van der Waals surface area contributed by atoms with Gasteiger partial charge >= 0.3 is 0 Å². The Bertz CT molecular complexity index is 569. The minimum absolute atomic E-state index is 0.0671. The third kappa shape index (κ3) is 3.64. The van der Waals surface area contributed by atoms with Crippen molar-refractivity contribution in [1.29, 1.82) is 5.26 Å². The molecule has 2 rings (SSSR count). The van der Waals surface area contributed by atoms with Crippen molar-refractivity contribution in [2.75, 3.05) is 11.9 Å². The summed E-state index contributed by atoms with van der Waals surface area (Å²) in [7, 11) is 0. The molecule has 0 radical (unpaired) electrons. The molecule has 21 heavy (non-hydrogen) atoms. The molecule has 1 N–H and O–H groups in total. The van der Waals surface area contributed by atoms with Crippen LogP contribution in [0.4, 0.5) is 5.82 Å². The van der Waals surface area contributed by atoms with Crippen LogP contribution >= 0.6 is 11.6 Å². The fraction of sp³-hybridized carbons (Fsp3) is 0.533. The Morgan fingerprint density at radius 2 is 2.33 bits per heavy atom. The predicted octanol–water partition coefficient (Wildman–Crippen LogP) is 2.81. The summed E-state index contributed by atoms with van der Waals surface area (Å²) in [6.45, 7) is 4.70. The number of amides is 1. The van der Waals surface area contributed by atoms with Crippen molar-refractivity contribution in [3.05, 3.63) is 22.8 Å². The lowest BCUT2D eigenvalue weighted by Gasteiger charge is -2.35. The topological polar surface area (TPSA) is 69.0 Å². The SMILES string of the molecule is CC(Nc1ccc(Cl)c(C#N)n1)C(=O)N1CCCCC1C. The molecule has 1 aromatic heterocycles. The van der Waals surface area contributed by atoms with Crippen LogP contribution in [0.25, 0.3) is 0 Å². The second kappa shape index (κ2) is 6.77. The highest BCUT2D eigenvalue weighted by atomic mass is 35.5. The summed E-state index contributed by atoms with van der Waals surface area (Å²) in [5, 5.41) is 12.3. The molecule has 6 heteroatoms. The van der Waals surface area contributed by atoms with E-state index in [1.165, 1.54) is 6.42 Å². The van der Waals surface area contributed by atoms with Crippen LogP contribution in [0.5, 0.6) is 0 Å². The molecular formula is C15H19ClN4O. The van der Waals surface area contributed by atoms with Gasteiger partial charge in [0.2, 0.25) is 5.91 Å². The average Bonchev–Trinajstić information content (AvgIpc) is 2.49. The number of anilines is 1. The summed E-state index contributed by atoms with van der Waals surface area (Å²) in [6.07, 6.45) is 3.29. The molecule has 2 heterocycles. The molecule has 0 aromatic carbocycles. The number of rotatable bonds is 3. The second-order valence-corrected chi connectivity index (χ2v) is 5.79. The van der Waals surface area contributed by atoms with E-state index < -0.39 is 0 Å². The monoisotopic (exact) mass is 306 g/mol. The third-order valence-electron chi connectivity index (χ3n) is 3.77. The van der Waals surface area contributed by atoms with Crippen molar-refractivity contribution in [1.82, 2.24) is 9.88 Å². The molecule has 112 valence electrons. The number of nitrogens with one attached hydrogen (secondary N) is 1. The van der Waals surface area contributed by atoms with Crippen molar-refractivity contribution in [2.45, 2.75) is 45.2 Å². The number of piperidine rings is 1. The lowest BCUT2D eigenvalue weighted by atomic mass is 10.0. The summed E-state index contributed by atoms with van der Waals surface area (Å²) < 4.78 is 0. The quantitative estimate of drug-likeness (QED) is 0.932. The maximum absolute atomic E-state index is 12.5. The Kier molecular flexibility index (Phi) is 5.03. The maximum Gasteiger partial charge on any atom is 0.245 e. The number of pyridine rings is 1. The van der Waals surface area contributed by atoms with Crippen LogP contribution in [-0.2, 0) is 4.79 Å². The van der Waals surface area contributed by atoms with E-state index >= 15 is 0 Å². The van der Waals surface area contributed by atoms with Gasteiger partial charge in [-0.15, -0.1) is 0 Å². The van der Waals surface area contributed by atoms with Gasteiger partial charge in [0, 0.05) is 12.6 Å². The molecule has 0 saturated carbocycles. The Labute approximate surface area is 129 Å². The fourth-order valence-corrected chi connectivity index (χ4v) is 2.71. The van der Waals surface area contributed by atoms with Gasteiger partial charge in [0.05, 0.1) is 5.02 Å². The van der Waals surface area contributed by atoms with E-state index in [0.717, 1.165) is 19.4 Å². The second-order valence-electron chi connectivity index (χ2n) is 5.38. The highest BCUT2D eigenvalue weighted by molar-refractivity contribution is 6.31. The highest BCUT2D eigenvalue weighted by Gasteiger charge is 2.27. The first-order valence-electron chi connectivity index (χ1n) is 7.16. The van der Waals surface area contributed by atoms with Gasteiger partial charge in [0.25, 0.3) is 0 Å². The number of aromatic nitrogens is 1. The number of carbonyl (C=O) groups is 1. The van der Waals surface area contributed by atoms with E-state index in [1.54, 1.807) is 12.1 Å². The standard InChI is InChI=1S/C15H19ClN4O/c1-10-5-3-4-8-20(10)15(21)11(2)18-14-7-6-12(16)13(9-17)19-14/h6-7,10-11H,3-5,8H2,1-2H3,(H,18,19). The largest absolute Gasteiger partial charge is 0.359 e. The molecule has 1 aromatic rings. The van der Waals surface area contributed by atoms with E-state index in [0.29, 0.717) is 10.8 Å². The van der Waals surface area contributed by atoms with E-state index in [2.05, 4.69) is 17.2 Å². The predicted molar refractivity (Wildman–Crippen MR) is 82.1 cm³/mol. The molecule has 2 unspecified atom stereocenters. The summed E-state index contributed by atoms with van der Waals surface area (Å²) in [5.74, 6) is 0.555. The van der Waals surface area contributed by atoms with Gasteiger partial charge in [0.15, 0.2) is 5.69 Å². The number of hydrogen-bond donors (Lipinski definition) is 1. The van der Waals surface area contributed by atoms with Crippen LogP contribution < -0.4 is 5.32 Å². The molecule has 1 fully saturated rings. The van der Waals surface area contributed by atoms with Crippen molar-refractivity contribution in [2.24, 2.45) is 0 Å². The van der Waals surface area contributed by atoms with Crippen LogP contribution in [-0.4, -0.2) is 34.4 Å². The number of likely N-dealkylation sites (tertiary alicyclic amines) is 1. The van der Waals surface area contributed by atoms with Gasteiger partial charge in [-0.3, -0.25) is 4.79 Å². The van der Waals surface area contributed by atoms with Gasteiger partial charge < -0.3 is 10.2 Å². The Balaban J connectivity index is 2.05. The van der Waals surface area contributed by atoms with Gasteiger partial charge in [-0.05, 0) is 45.2 Å². The first-order chi connectivity index (χ1) is 10.0. The first kappa shape index (κ1) is 15.6. The average molecular weight is 307 g/mol. The van der Waals surface area contributed by atoms with E-state index in [-0.39, 0.29) is 23.7 Å². The summed E-state index contributed by atoms with van der Waals surface area (Å²) in [4.78, 5) is 18.5. The smallest absolute Gasteiger partial charge is 0.245 e. The molecule has 2 atom stereocenters. The molecule has 0 bridgehead atoms. The van der Waals surface area contributed by atoms with E-state index in [9.17, 15) is 4.79 Å². The molecule has 1 amide bonds. The lowest BCUT2D eigenvalue weighted by molar-refractivity contribution is -0.134. The Morgan fingerprint density at radius 3 is 3.00 bits per heavy atom. The van der Waals surface area contributed by atoms with Crippen molar-refractivity contribution in [3.8, 4) is 6.07 Å². The molecule has 0 aliphatic carbocycles. The zero-order valence-electron chi connectivity index (χ0n) is 12.3. The highest BCUT2D eigenvalue weighted by Crippen LogP contribution is 2.19. The Morgan fingerprint density at radius 1 is 1.57 bits per heavy atom. The van der Waals surface area contributed by atoms with Crippen molar-refractivity contribution < 1.29 is 4.79 Å². The number of nitrogens with zero attached hydrogens (tertiary/aromatic N) is 3. The van der Waals surface area contributed by atoms with Gasteiger partial charge in [-0.1, -0.05) is 11.6 Å². The minimum Gasteiger partial charge on any atom is -0.359 e. The molecule has 5 nitrogen and oxygen atoms in total. The van der Waals surface area contributed by atoms with Gasteiger partial charge in [0.1, 0.15) is 17.9 Å². The fourth-order valence-electron chi connectivity index (χ4n) is 2.56. The molecule has 1 saturated heterocycles. The molecule has 1 aliphatic heterocycles. The number of carbonyl (C=O) groups excluding carboxylic acids is 1. The van der Waals surface area contributed by atoms with Crippen LogP contribution in [0.2, 0.25) is 5.02 Å². The van der Waals surface area contributed by atoms with Crippen LogP contribution in [0, 0.1) is 11.3 Å². The van der Waals surface area contributed by atoms with Crippen LogP contribution in [0.3, 0.4) is 0 Å². The first-order valence-corrected chi connectivity index (χ1v) is 7.54. The number of hydrogen-bond acceptors (Lipinski definition) is 4. The zero-order valence-corrected chi connectivity index (χ0v) is 13.0. The summed E-state index contributed by atoms with van der Waals surface area (Å²) in [5.41, 5.74) is 0.160. The molecule has 1 aliphatic rings. The van der Waals surface area contributed by atoms with Crippen molar-refractivity contribution in [3.63, 3.8) is 0 Å². The summed E-state index contributed by atoms with van der Waals surface area (Å²) >= 11 is 5.85. The van der Waals surface area contributed by atoms with Crippen LogP contribution in [0.1, 0.15) is 38.8 Å². The number of nitriles is 1. The summed E-state index contributed by atoms with van der Waals surface area (Å²) in [6, 6.07) is 5.11. The number of halogens is 1. The van der Waals surface area contributed by atoms with Crippen LogP contribution in [0.15, 0.2) is 12.1 Å². The minimum atomic E-state index is -0.384. The molecule has 0 spiro atoms. The third-order valence-corrected chi connectivity index (χ3v) is 4.08. The maximum atomic E-state index is 12.5. The Hall–Kier alpha value is -1.80. The van der Waals surface area contributed by atoms with E-state index in [4.69, 9.17) is 16.9 Å². The van der Waals surface area contributed by atoms with Gasteiger partial charge in [-0.2, -0.15) is 5.26 Å². The van der Waals surface area contributed by atoms with Crippen molar-refractivity contribution >= 4 is 23.3 Å². The molecular weight excluding hydrogens is 288 g/mol. The zero-order chi connectivity index (χ0) is 15.4. The lowest BCUT2D eigenvalue weighted by Crippen LogP contribution is -2.48.